The molecule has 0 aliphatic heterocycles. The summed E-state index contributed by atoms with van der Waals surface area (Å²) >= 11 is 0. The van der Waals surface area contributed by atoms with E-state index in [4.69, 9.17) is 4.74 Å². The SMILES string of the molecule is CCCCS(=O)(=O)[N]C(=O)OCc1ccccc1. The van der Waals surface area contributed by atoms with Crippen LogP contribution in [0, 0.1) is 0 Å². The molecular formula is C12H16NO4S. The molecule has 1 aromatic carbocycles. The first-order chi connectivity index (χ1) is 8.53. The second-order valence-corrected chi connectivity index (χ2v) is 5.53. The lowest BCUT2D eigenvalue weighted by molar-refractivity contribution is 0.145. The Balaban J connectivity index is 2.38. The number of hydrogen-bond donors (Lipinski definition) is 0. The first kappa shape index (κ1) is 14.5. The van der Waals surface area contributed by atoms with E-state index in [1.807, 2.05) is 13.0 Å². The third-order valence-corrected chi connectivity index (χ3v) is 3.41. The van der Waals surface area contributed by atoms with E-state index in [-0.39, 0.29) is 12.4 Å². The van der Waals surface area contributed by atoms with Crippen molar-refractivity contribution in [2.45, 2.75) is 26.4 Å². The largest absolute Gasteiger partial charge is 0.444 e. The zero-order valence-corrected chi connectivity index (χ0v) is 11.0. The maximum absolute atomic E-state index is 11.3. The number of unbranched alkanes of at least 4 members (excludes halogenated alkanes) is 1. The lowest BCUT2D eigenvalue weighted by Crippen LogP contribution is -2.26. The van der Waals surface area contributed by atoms with Crippen LogP contribution in [-0.4, -0.2) is 20.3 Å². The van der Waals surface area contributed by atoms with E-state index in [9.17, 15) is 13.2 Å². The molecule has 0 atom stereocenters. The van der Waals surface area contributed by atoms with Crippen LogP contribution >= 0.6 is 0 Å². The second kappa shape index (κ2) is 7.00. The minimum absolute atomic E-state index is 0.0203. The Hall–Kier alpha value is -1.56. The van der Waals surface area contributed by atoms with Crippen LogP contribution in [-0.2, 0) is 21.4 Å². The van der Waals surface area contributed by atoms with Crippen LogP contribution in [0.3, 0.4) is 0 Å². The Morgan fingerprint density at radius 1 is 1.28 bits per heavy atom. The van der Waals surface area contributed by atoms with Crippen LogP contribution < -0.4 is 4.72 Å². The summed E-state index contributed by atoms with van der Waals surface area (Å²) in [5, 5.41) is 0. The summed E-state index contributed by atoms with van der Waals surface area (Å²) in [4.78, 5) is 11.2. The third-order valence-electron chi connectivity index (χ3n) is 2.17. The van der Waals surface area contributed by atoms with Crippen molar-refractivity contribution in [2.24, 2.45) is 0 Å². The van der Waals surface area contributed by atoms with Gasteiger partial charge in [-0.25, -0.2) is 13.2 Å². The molecular weight excluding hydrogens is 254 g/mol. The molecule has 0 bridgehead atoms. The Kier molecular flexibility index (Phi) is 5.64. The van der Waals surface area contributed by atoms with Crippen molar-refractivity contribution in [1.29, 1.82) is 0 Å². The van der Waals surface area contributed by atoms with Gasteiger partial charge in [0.15, 0.2) is 0 Å². The topological polar surface area (TPSA) is 74.5 Å². The van der Waals surface area contributed by atoms with Gasteiger partial charge in [-0.1, -0.05) is 48.4 Å². The number of carbonyl (C=O) groups is 1. The van der Waals surface area contributed by atoms with E-state index >= 15 is 0 Å². The first-order valence-corrected chi connectivity index (χ1v) is 7.31. The standard InChI is InChI=1S/C12H16NO4S/c1-2-3-9-18(15,16)13-12(14)17-10-11-7-5-4-6-8-11/h4-8H,2-3,9-10H2,1H3. The Morgan fingerprint density at radius 2 is 1.94 bits per heavy atom. The average molecular weight is 270 g/mol. The summed E-state index contributed by atoms with van der Waals surface area (Å²) in [6, 6.07) is 9.00. The van der Waals surface area contributed by atoms with Gasteiger partial charge in [0, 0.05) is 0 Å². The first-order valence-electron chi connectivity index (χ1n) is 5.70. The molecule has 0 aliphatic rings. The van der Waals surface area contributed by atoms with Gasteiger partial charge in [-0.3, -0.25) is 0 Å². The van der Waals surface area contributed by atoms with Gasteiger partial charge in [0.25, 0.3) is 10.0 Å². The van der Waals surface area contributed by atoms with Crippen molar-refractivity contribution in [2.75, 3.05) is 5.75 Å². The van der Waals surface area contributed by atoms with Gasteiger partial charge in [-0.15, -0.1) is 0 Å². The summed E-state index contributed by atoms with van der Waals surface area (Å²) in [6.45, 7) is 1.88. The Bertz CT molecular complexity index is 470. The Labute approximate surface area is 107 Å². The van der Waals surface area contributed by atoms with E-state index in [1.54, 1.807) is 24.3 Å². The van der Waals surface area contributed by atoms with E-state index in [0.29, 0.717) is 6.42 Å². The summed E-state index contributed by atoms with van der Waals surface area (Å²) in [5.74, 6) is -0.121. The highest BCUT2D eigenvalue weighted by molar-refractivity contribution is 7.89. The fraction of sp³-hybridized carbons (Fsp3) is 0.417. The lowest BCUT2D eigenvalue weighted by atomic mass is 10.2. The number of nitrogens with zero attached hydrogens (tertiary/aromatic N) is 1. The highest BCUT2D eigenvalue weighted by atomic mass is 32.2. The van der Waals surface area contributed by atoms with Crippen molar-refractivity contribution in [1.82, 2.24) is 4.72 Å². The highest BCUT2D eigenvalue weighted by Gasteiger charge is 2.17. The zero-order chi connectivity index (χ0) is 13.4. The number of ether oxygens (including phenoxy) is 1. The van der Waals surface area contributed by atoms with Gasteiger partial charge in [-0.2, -0.15) is 0 Å². The van der Waals surface area contributed by atoms with Crippen molar-refractivity contribution < 1.29 is 17.9 Å². The van der Waals surface area contributed by atoms with Crippen molar-refractivity contribution in [3.63, 3.8) is 0 Å². The molecule has 1 rings (SSSR count). The number of sulfonamides is 1. The summed E-state index contributed by atoms with van der Waals surface area (Å²) in [7, 11) is -3.70. The molecule has 0 saturated heterocycles. The molecule has 1 amide bonds. The van der Waals surface area contributed by atoms with Crippen molar-refractivity contribution >= 4 is 16.1 Å². The molecule has 6 heteroatoms. The van der Waals surface area contributed by atoms with Gasteiger partial charge < -0.3 is 4.74 Å². The molecule has 0 spiro atoms. The number of amides is 1. The predicted octanol–water partition coefficient (Wildman–Crippen LogP) is 2.06. The molecule has 18 heavy (non-hydrogen) atoms. The fourth-order valence-corrected chi connectivity index (χ4v) is 2.26. The second-order valence-electron chi connectivity index (χ2n) is 3.77. The highest BCUT2D eigenvalue weighted by Crippen LogP contribution is 2.02. The maximum atomic E-state index is 11.3. The quantitative estimate of drug-likeness (QED) is 0.793. The van der Waals surface area contributed by atoms with Crippen LogP contribution in [0.15, 0.2) is 30.3 Å². The Morgan fingerprint density at radius 3 is 2.56 bits per heavy atom. The van der Waals surface area contributed by atoms with Gasteiger partial charge in [0.05, 0.1) is 5.75 Å². The zero-order valence-electron chi connectivity index (χ0n) is 10.2. The van der Waals surface area contributed by atoms with Crippen LogP contribution in [0.5, 0.6) is 0 Å². The predicted molar refractivity (Wildman–Crippen MR) is 67.5 cm³/mol. The molecule has 1 aromatic rings. The number of benzene rings is 1. The summed E-state index contributed by atoms with van der Waals surface area (Å²) in [6.07, 6.45) is 0.154. The normalized spacial score (nSPS) is 10.9. The minimum Gasteiger partial charge on any atom is -0.443 e. The van der Waals surface area contributed by atoms with E-state index in [0.717, 1.165) is 12.0 Å². The van der Waals surface area contributed by atoms with Crippen molar-refractivity contribution in [3.8, 4) is 0 Å². The summed E-state index contributed by atoms with van der Waals surface area (Å²) in [5.41, 5.74) is 0.784. The lowest BCUT2D eigenvalue weighted by Gasteiger charge is -2.05. The fourth-order valence-electron chi connectivity index (χ4n) is 1.23. The van der Waals surface area contributed by atoms with Crippen LogP contribution in [0.1, 0.15) is 25.3 Å². The monoisotopic (exact) mass is 270 g/mol. The molecule has 0 fully saturated rings. The average Bonchev–Trinajstić information content (AvgIpc) is 2.35. The smallest absolute Gasteiger partial charge is 0.443 e. The number of hydrogen-bond acceptors (Lipinski definition) is 4. The van der Waals surface area contributed by atoms with Crippen LogP contribution in [0.2, 0.25) is 0 Å². The minimum atomic E-state index is -3.70. The van der Waals surface area contributed by atoms with E-state index in [2.05, 4.69) is 4.72 Å². The van der Waals surface area contributed by atoms with Gasteiger partial charge in [0.2, 0.25) is 0 Å². The summed E-state index contributed by atoms with van der Waals surface area (Å²) < 4.78 is 30.5. The van der Waals surface area contributed by atoms with Crippen molar-refractivity contribution in [3.05, 3.63) is 35.9 Å². The molecule has 0 aromatic heterocycles. The number of carbonyl (C=O) groups excluding carboxylic acids is 1. The molecule has 0 aliphatic carbocycles. The molecule has 99 valence electrons. The van der Waals surface area contributed by atoms with E-state index < -0.39 is 16.1 Å². The van der Waals surface area contributed by atoms with Crippen LogP contribution in [0.25, 0.3) is 0 Å². The third kappa shape index (κ3) is 5.67. The molecule has 5 nitrogen and oxygen atoms in total. The maximum Gasteiger partial charge on any atom is 0.444 e. The molecule has 0 unspecified atom stereocenters. The van der Waals surface area contributed by atoms with Crippen LogP contribution in [0.4, 0.5) is 4.79 Å². The molecule has 0 heterocycles. The van der Waals surface area contributed by atoms with Gasteiger partial charge in [0.1, 0.15) is 6.61 Å². The molecule has 0 N–H and O–H groups in total. The van der Waals surface area contributed by atoms with Gasteiger partial charge >= 0.3 is 6.09 Å². The molecule has 0 saturated carbocycles. The number of rotatable bonds is 6. The van der Waals surface area contributed by atoms with E-state index in [1.165, 1.54) is 0 Å². The molecule has 1 radical (unpaired) electrons. The van der Waals surface area contributed by atoms with Gasteiger partial charge in [-0.05, 0) is 12.0 Å².